The predicted molar refractivity (Wildman–Crippen MR) is 119 cm³/mol. The van der Waals surface area contributed by atoms with E-state index in [0.717, 1.165) is 51.4 Å². The molecule has 2 unspecified atom stereocenters. The van der Waals surface area contributed by atoms with Crippen LogP contribution in [-0.4, -0.2) is 41.3 Å². The maximum absolute atomic E-state index is 14.0. The molecule has 1 N–H and O–H groups in total. The van der Waals surface area contributed by atoms with Crippen molar-refractivity contribution in [2.75, 3.05) is 6.61 Å². The predicted octanol–water partition coefficient (Wildman–Crippen LogP) is 4.15. The van der Waals surface area contributed by atoms with Crippen molar-refractivity contribution >= 4 is 11.6 Å². The van der Waals surface area contributed by atoms with E-state index < -0.39 is 11.2 Å². The number of aliphatic hydroxyl groups excluding tert-OH is 1. The van der Waals surface area contributed by atoms with Crippen molar-refractivity contribution in [3.63, 3.8) is 0 Å². The van der Waals surface area contributed by atoms with Crippen LogP contribution in [0.15, 0.2) is 0 Å². The summed E-state index contributed by atoms with van der Waals surface area (Å²) in [5.41, 5.74) is -0.778. The second-order valence-electron chi connectivity index (χ2n) is 12.9. The monoisotopic (exact) mass is 444 g/mol. The number of hydrogen-bond acceptors (Lipinski definition) is 5. The lowest BCUT2D eigenvalue weighted by molar-refractivity contribution is -0.272. The summed E-state index contributed by atoms with van der Waals surface area (Å²) >= 11 is 0. The second kappa shape index (κ2) is 6.88. The number of fused-ring (bicyclic) bond motifs is 7. The minimum atomic E-state index is -0.629. The Balaban J connectivity index is 1.34. The summed E-state index contributed by atoms with van der Waals surface area (Å²) in [7, 11) is 0. The molecular formula is C27H40O5. The van der Waals surface area contributed by atoms with E-state index in [4.69, 9.17) is 9.47 Å². The van der Waals surface area contributed by atoms with E-state index in [-0.39, 0.29) is 58.8 Å². The summed E-state index contributed by atoms with van der Waals surface area (Å²) in [4.78, 5) is 27.9. The van der Waals surface area contributed by atoms with Gasteiger partial charge in [-0.05, 0) is 74.0 Å². The quantitative estimate of drug-likeness (QED) is 0.568. The normalized spacial score (nSPS) is 59.5. The Morgan fingerprint density at radius 1 is 1.00 bits per heavy atom. The fraction of sp³-hybridized carbons (Fsp3) is 0.926. The molecule has 0 aromatic rings. The molecule has 5 nitrogen and oxygen atoms in total. The topological polar surface area (TPSA) is 72.8 Å². The highest BCUT2D eigenvalue weighted by Crippen LogP contribution is 2.69. The number of ketones is 2. The molecule has 0 aromatic heterocycles. The molecule has 2 aliphatic heterocycles. The van der Waals surface area contributed by atoms with Gasteiger partial charge < -0.3 is 14.6 Å². The van der Waals surface area contributed by atoms with Crippen molar-refractivity contribution < 1.29 is 24.2 Å². The van der Waals surface area contributed by atoms with Crippen LogP contribution in [0.3, 0.4) is 0 Å². The van der Waals surface area contributed by atoms with E-state index in [1.54, 1.807) is 0 Å². The Labute approximate surface area is 192 Å². The molecular weight excluding hydrogens is 404 g/mol. The summed E-state index contributed by atoms with van der Waals surface area (Å²) in [6.07, 6.45) is 7.10. The van der Waals surface area contributed by atoms with Gasteiger partial charge in [-0.15, -0.1) is 0 Å². The molecule has 0 radical (unpaired) electrons. The number of carbonyl (C=O) groups is 2. The summed E-state index contributed by atoms with van der Waals surface area (Å²) in [6.45, 7) is 9.48. The lowest BCUT2D eigenvalue weighted by atomic mass is 9.43. The largest absolute Gasteiger partial charge is 0.393 e. The molecule has 2 saturated heterocycles. The van der Waals surface area contributed by atoms with E-state index in [9.17, 15) is 14.7 Å². The summed E-state index contributed by atoms with van der Waals surface area (Å²) in [6, 6.07) is 0. The highest BCUT2D eigenvalue weighted by atomic mass is 16.7. The molecule has 5 heteroatoms. The summed E-state index contributed by atoms with van der Waals surface area (Å²) in [5.74, 6) is 0.607. The van der Waals surface area contributed by atoms with Crippen LogP contribution in [0, 0.1) is 52.3 Å². The van der Waals surface area contributed by atoms with Gasteiger partial charge in [0.25, 0.3) is 0 Å². The minimum Gasteiger partial charge on any atom is -0.393 e. The molecule has 6 fully saturated rings. The molecule has 32 heavy (non-hydrogen) atoms. The smallest absolute Gasteiger partial charge is 0.205 e. The van der Waals surface area contributed by atoms with Gasteiger partial charge in [-0.1, -0.05) is 27.7 Å². The first-order chi connectivity index (χ1) is 15.1. The van der Waals surface area contributed by atoms with Gasteiger partial charge >= 0.3 is 0 Å². The van der Waals surface area contributed by atoms with Gasteiger partial charge in [0.1, 0.15) is 0 Å². The fourth-order valence-electron chi connectivity index (χ4n) is 9.79. The summed E-state index contributed by atoms with van der Waals surface area (Å²) < 4.78 is 13.1. The van der Waals surface area contributed by atoms with Crippen molar-refractivity contribution in [3.8, 4) is 0 Å². The van der Waals surface area contributed by atoms with E-state index >= 15 is 0 Å². The van der Waals surface area contributed by atoms with E-state index in [1.807, 2.05) is 0 Å². The van der Waals surface area contributed by atoms with Gasteiger partial charge in [-0.3, -0.25) is 9.59 Å². The minimum absolute atomic E-state index is 0.0163. The van der Waals surface area contributed by atoms with Crippen LogP contribution in [0.25, 0.3) is 0 Å². The first kappa shape index (κ1) is 21.7. The highest BCUT2D eigenvalue weighted by molar-refractivity contribution is 6.41. The molecule has 12 atom stereocenters. The highest BCUT2D eigenvalue weighted by Gasteiger charge is 2.73. The number of rotatable bonds is 0. The number of Topliss-reactive ketones (excluding diaryl/α,β-unsaturated/α-hetero) is 2. The van der Waals surface area contributed by atoms with Crippen molar-refractivity contribution in [3.05, 3.63) is 0 Å². The van der Waals surface area contributed by atoms with Gasteiger partial charge in [0.15, 0.2) is 5.79 Å². The molecule has 4 aliphatic carbocycles. The van der Waals surface area contributed by atoms with Crippen LogP contribution in [-0.2, 0) is 19.1 Å². The van der Waals surface area contributed by atoms with Gasteiger partial charge in [-0.25, -0.2) is 0 Å². The third-order valence-corrected chi connectivity index (χ3v) is 11.5. The van der Waals surface area contributed by atoms with Crippen LogP contribution in [0.5, 0.6) is 0 Å². The van der Waals surface area contributed by atoms with Crippen LogP contribution in [0.1, 0.15) is 79.1 Å². The van der Waals surface area contributed by atoms with E-state index in [2.05, 4.69) is 27.7 Å². The molecule has 1 spiro atoms. The molecule has 0 amide bonds. The van der Waals surface area contributed by atoms with Crippen molar-refractivity contribution in [1.29, 1.82) is 0 Å². The van der Waals surface area contributed by atoms with E-state index in [0.29, 0.717) is 18.4 Å². The molecule has 0 aromatic carbocycles. The third-order valence-electron chi connectivity index (χ3n) is 11.5. The first-order valence-corrected chi connectivity index (χ1v) is 13.2. The molecule has 6 rings (SSSR count). The zero-order chi connectivity index (χ0) is 22.6. The van der Waals surface area contributed by atoms with Crippen LogP contribution in [0.2, 0.25) is 0 Å². The molecule has 178 valence electrons. The van der Waals surface area contributed by atoms with Crippen LogP contribution in [0.4, 0.5) is 0 Å². The average Bonchev–Trinajstić information content (AvgIpc) is 3.20. The fourth-order valence-corrected chi connectivity index (χ4v) is 9.79. The van der Waals surface area contributed by atoms with Crippen molar-refractivity contribution in [2.24, 2.45) is 52.3 Å². The van der Waals surface area contributed by atoms with Gasteiger partial charge in [0.05, 0.1) is 18.8 Å². The molecule has 2 heterocycles. The van der Waals surface area contributed by atoms with Gasteiger partial charge in [0, 0.05) is 29.6 Å². The SMILES string of the molecule is C[C@@H]1CC[C@@]2(OC1)O[C@H]1C[C@H]3[C@@H]4CCC5CC(O)CC[C@]5(C)[C@H]4C(=O)C(=O)[C@]3(C)[C@H]1[C@@H]2C. The average molecular weight is 445 g/mol. The van der Waals surface area contributed by atoms with Gasteiger partial charge in [-0.2, -0.15) is 0 Å². The second-order valence-corrected chi connectivity index (χ2v) is 12.9. The zero-order valence-electron chi connectivity index (χ0n) is 20.1. The first-order valence-electron chi connectivity index (χ1n) is 13.2. The zero-order valence-corrected chi connectivity index (χ0v) is 20.1. The molecule has 0 bridgehead atoms. The van der Waals surface area contributed by atoms with E-state index in [1.165, 1.54) is 0 Å². The third kappa shape index (κ3) is 2.57. The number of aliphatic hydroxyl groups is 1. The Bertz CT molecular complexity index is 830. The Kier molecular flexibility index (Phi) is 4.68. The van der Waals surface area contributed by atoms with Crippen molar-refractivity contribution in [1.82, 2.24) is 0 Å². The number of ether oxygens (including phenoxy) is 2. The Hall–Kier alpha value is -0.780. The molecule has 4 saturated carbocycles. The number of carbonyl (C=O) groups excluding carboxylic acids is 2. The Morgan fingerprint density at radius 2 is 1.78 bits per heavy atom. The maximum atomic E-state index is 14.0. The van der Waals surface area contributed by atoms with Gasteiger partial charge in [0.2, 0.25) is 11.6 Å². The lowest BCUT2D eigenvalue weighted by Gasteiger charge is -2.59. The molecule has 6 aliphatic rings. The van der Waals surface area contributed by atoms with Crippen LogP contribution >= 0.6 is 0 Å². The maximum Gasteiger partial charge on any atom is 0.205 e. The Morgan fingerprint density at radius 3 is 2.50 bits per heavy atom. The van der Waals surface area contributed by atoms with Crippen LogP contribution < -0.4 is 0 Å². The summed E-state index contributed by atoms with van der Waals surface area (Å²) in [5, 5.41) is 10.3. The number of hydrogen-bond donors (Lipinski definition) is 1. The lowest BCUT2D eigenvalue weighted by Crippen LogP contribution is -2.62. The van der Waals surface area contributed by atoms with Crippen molar-refractivity contribution in [2.45, 2.75) is 97.1 Å². The standard InChI is InChI=1S/C27H40O5/c1-14-7-10-27(31-13-14)15(2)21-20(32-27)12-19-18-6-5-16-11-17(28)8-9-25(16,3)22(18)23(29)24(30)26(19,21)4/h14-22,28H,5-13H2,1-4H3/t14-,15+,16?,17?,18+,19+,20+,21+,22-,25+,26+,27-/m1/s1.